The molecule has 0 saturated heterocycles. The summed E-state index contributed by atoms with van der Waals surface area (Å²) in [5.74, 6) is 1.43. The highest BCUT2D eigenvalue weighted by Gasteiger charge is 2.18. The van der Waals surface area contributed by atoms with Gasteiger partial charge < -0.3 is 14.8 Å². The molecule has 0 aliphatic rings. The molecule has 0 unspecified atom stereocenters. The van der Waals surface area contributed by atoms with Gasteiger partial charge in [-0.1, -0.05) is 38.1 Å². The molecule has 1 atom stereocenters. The van der Waals surface area contributed by atoms with E-state index in [-0.39, 0.29) is 5.91 Å². The summed E-state index contributed by atoms with van der Waals surface area (Å²) < 4.78 is 11.3. The van der Waals surface area contributed by atoms with Crippen molar-refractivity contribution in [1.29, 1.82) is 0 Å². The Balaban J connectivity index is 1.91. The second kappa shape index (κ2) is 9.72. The van der Waals surface area contributed by atoms with Crippen molar-refractivity contribution < 1.29 is 14.3 Å². The Morgan fingerprint density at radius 1 is 1.00 bits per heavy atom. The van der Waals surface area contributed by atoms with E-state index >= 15 is 0 Å². The molecule has 0 spiro atoms. The lowest BCUT2D eigenvalue weighted by molar-refractivity contribution is -0.128. The Bertz CT molecular complexity index is 667. The fourth-order valence-electron chi connectivity index (χ4n) is 2.51. The number of rotatable bonds is 9. The standard InChI is InChI=1S/C21H27NO3/c1-4-16-10-12-18(13-11-16)25-20(5-2)21(23)22-15-17-8-7-9-19(14-17)24-6-3/h7-14,20H,4-6,15H2,1-3H3,(H,22,23)/t20-/m1/s1. The number of benzene rings is 2. The van der Waals surface area contributed by atoms with E-state index < -0.39 is 6.10 Å². The fourth-order valence-corrected chi connectivity index (χ4v) is 2.51. The number of carbonyl (C=O) groups is 1. The molecule has 0 fully saturated rings. The Morgan fingerprint density at radius 3 is 2.40 bits per heavy atom. The first kappa shape index (κ1) is 18.8. The van der Waals surface area contributed by atoms with Gasteiger partial charge in [0.05, 0.1) is 6.61 Å². The van der Waals surface area contributed by atoms with Gasteiger partial charge in [0.2, 0.25) is 0 Å². The zero-order valence-corrected chi connectivity index (χ0v) is 15.2. The van der Waals surface area contributed by atoms with Crippen LogP contribution in [0, 0.1) is 0 Å². The second-order valence-corrected chi connectivity index (χ2v) is 5.81. The van der Waals surface area contributed by atoms with E-state index in [0.717, 1.165) is 23.5 Å². The van der Waals surface area contributed by atoms with Gasteiger partial charge in [-0.3, -0.25) is 4.79 Å². The Morgan fingerprint density at radius 2 is 1.76 bits per heavy atom. The molecule has 0 bridgehead atoms. The zero-order valence-electron chi connectivity index (χ0n) is 15.2. The van der Waals surface area contributed by atoms with Crippen molar-refractivity contribution in [2.24, 2.45) is 0 Å². The average Bonchev–Trinajstić information content (AvgIpc) is 2.65. The lowest BCUT2D eigenvalue weighted by atomic mass is 10.1. The third-order valence-electron chi connectivity index (χ3n) is 3.95. The highest BCUT2D eigenvalue weighted by atomic mass is 16.5. The van der Waals surface area contributed by atoms with E-state index in [2.05, 4.69) is 12.2 Å². The van der Waals surface area contributed by atoms with Gasteiger partial charge in [0.1, 0.15) is 11.5 Å². The molecular formula is C21H27NO3. The number of hydrogen-bond acceptors (Lipinski definition) is 3. The van der Waals surface area contributed by atoms with E-state index in [1.54, 1.807) is 0 Å². The summed E-state index contributed by atoms with van der Waals surface area (Å²) in [7, 11) is 0. The summed E-state index contributed by atoms with van der Waals surface area (Å²) in [4.78, 5) is 12.4. The number of amides is 1. The van der Waals surface area contributed by atoms with Crippen molar-refractivity contribution in [3.05, 3.63) is 59.7 Å². The molecule has 0 aromatic heterocycles. The molecule has 4 nitrogen and oxygen atoms in total. The molecular weight excluding hydrogens is 314 g/mol. The van der Waals surface area contributed by atoms with Crippen molar-refractivity contribution in [2.45, 2.75) is 46.3 Å². The van der Waals surface area contributed by atoms with Gasteiger partial charge in [0, 0.05) is 6.54 Å². The van der Waals surface area contributed by atoms with Gasteiger partial charge in [-0.05, 0) is 55.2 Å². The molecule has 0 aliphatic carbocycles. The number of nitrogens with one attached hydrogen (secondary N) is 1. The van der Waals surface area contributed by atoms with E-state index in [1.807, 2.05) is 62.4 Å². The Kier molecular flexibility index (Phi) is 7.33. The van der Waals surface area contributed by atoms with Gasteiger partial charge in [-0.25, -0.2) is 0 Å². The normalized spacial score (nSPS) is 11.6. The predicted molar refractivity (Wildman–Crippen MR) is 100.0 cm³/mol. The van der Waals surface area contributed by atoms with E-state index in [1.165, 1.54) is 5.56 Å². The lowest BCUT2D eigenvalue weighted by Gasteiger charge is -2.17. The van der Waals surface area contributed by atoms with Crippen LogP contribution in [0.4, 0.5) is 0 Å². The topological polar surface area (TPSA) is 47.6 Å². The van der Waals surface area contributed by atoms with E-state index in [9.17, 15) is 4.79 Å². The summed E-state index contributed by atoms with van der Waals surface area (Å²) in [6, 6.07) is 15.6. The molecule has 2 aromatic rings. The monoisotopic (exact) mass is 341 g/mol. The van der Waals surface area contributed by atoms with Crippen LogP contribution in [0.2, 0.25) is 0 Å². The number of aryl methyl sites for hydroxylation is 1. The predicted octanol–water partition coefficient (Wildman–Crippen LogP) is 4.12. The molecule has 2 rings (SSSR count). The number of carbonyl (C=O) groups excluding carboxylic acids is 1. The smallest absolute Gasteiger partial charge is 0.261 e. The van der Waals surface area contributed by atoms with Gasteiger partial charge >= 0.3 is 0 Å². The summed E-state index contributed by atoms with van der Waals surface area (Å²) in [5.41, 5.74) is 2.25. The zero-order chi connectivity index (χ0) is 18.1. The molecule has 0 heterocycles. The fraction of sp³-hybridized carbons (Fsp3) is 0.381. The van der Waals surface area contributed by atoms with Gasteiger partial charge in [-0.15, -0.1) is 0 Å². The van der Waals surface area contributed by atoms with Crippen molar-refractivity contribution in [1.82, 2.24) is 5.32 Å². The van der Waals surface area contributed by atoms with Crippen LogP contribution in [0.5, 0.6) is 11.5 Å². The number of ether oxygens (including phenoxy) is 2. The molecule has 1 amide bonds. The van der Waals surface area contributed by atoms with Crippen LogP contribution in [0.25, 0.3) is 0 Å². The highest BCUT2D eigenvalue weighted by Crippen LogP contribution is 2.16. The molecule has 134 valence electrons. The molecule has 1 N–H and O–H groups in total. The first-order valence-corrected chi connectivity index (χ1v) is 8.91. The lowest BCUT2D eigenvalue weighted by Crippen LogP contribution is -2.37. The molecule has 0 saturated carbocycles. The van der Waals surface area contributed by atoms with Crippen molar-refractivity contribution >= 4 is 5.91 Å². The molecule has 4 heteroatoms. The SMILES string of the molecule is CCOc1cccc(CNC(=O)[C@@H](CC)Oc2ccc(CC)cc2)c1. The van der Waals surface area contributed by atoms with E-state index in [0.29, 0.717) is 19.6 Å². The minimum Gasteiger partial charge on any atom is -0.494 e. The maximum Gasteiger partial charge on any atom is 0.261 e. The highest BCUT2D eigenvalue weighted by molar-refractivity contribution is 5.81. The third-order valence-corrected chi connectivity index (χ3v) is 3.95. The Hall–Kier alpha value is -2.49. The summed E-state index contributed by atoms with van der Waals surface area (Å²) >= 11 is 0. The molecule has 2 aromatic carbocycles. The van der Waals surface area contributed by atoms with Crippen LogP contribution in [0.3, 0.4) is 0 Å². The largest absolute Gasteiger partial charge is 0.494 e. The first-order chi connectivity index (χ1) is 12.2. The van der Waals surface area contributed by atoms with Crippen LogP contribution in [0.15, 0.2) is 48.5 Å². The molecule has 25 heavy (non-hydrogen) atoms. The average molecular weight is 341 g/mol. The van der Waals surface area contributed by atoms with Gasteiger partial charge in [-0.2, -0.15) is 0 Å². The summed E-state index contributed by atoms with van der Waals surface area (Å²) in [6.07, 6.45) is 1.10. The van der Waals surface area contributed by atoms with Gasteiger partial charge in [0.25, 0.3) is 5.91 Å². The maximum atomic E-state index is 12.4. The summed E-state index contributed by atoms with van der Waals surface area (Å²) in [5, 5.41) is 2.94. The van der Waals surface area contributed by atoms with Crippen LogP contribution in [0.1, 0.15) is 38.3 Å². The first-order valence-electron chi connectivity index (χ1n) is 8.91. The summed E-state index contributed by atoms with van der Waals surface area (Å²) in [6.45, 7) is 7.08. The third kappa shape index (κ3) is 5.82. The van der Waals surface area contributed by atoms with Crippen LogP contribution in [-0.2, 0) is 17.8 Å². The molecule has 0 radical (unpaired) electrons. The van der Waals surface area contributed by atoms with Crippen LogP contribution in [-0.4, -0.2) is 18.6 Å². The van der Waals surface area contributed by atoms with Crippen LogP contribution >= 0.6 is 0 Å². The van der Waals surface area contributed by atoms with E-state index in [4.69, 9.17) is 9.47 Å². The van der Waals surface area contributed by atoms with Gasteiger partial charge in [0.15, 0.2) is 6.10 Å². The van der Waals surface area contributed by atoms with Crippen molar-refractivity contribution in [3.63, 3.8) is 0 Å². The minimum absolute atomic E-state index is 0.108. The van der Waals surface area contributed by atoms with Crippen LogP contribution < -0.4 is 14.8 Å². The maximum absolute atomic E-state index is 12.4. The second-order valence-electron chi connectivity index (χ2n) is 5.81. The minimum atomic E-state index is -0.498. The number of hydrogen-bond donors (Lipinski definition) is 1. The quantitative estimate of drug-likeness (QED) is 0.746. The molecule has 0 aliphatic heterocycles. The van der Waals surface area contributed by atoms with Crippen molar-refractivity contribution in [3.8, 4) is 11.5 Å². The van der Waals surface area contributed by atoms with Crippen molar-refractivity contribution in [2.75, 3.05) is 6.61 Å². The Labute approximate surface area is 150 Å².